The van der Waals surface area contributed by atoms with E-state index in [1.807, 2.05) is 19.1 Å². The van der Waals surface area contributed by atoms with Gasteiger partial charge in [0.05, 0.1) is 20.3 Å². The molecule has 1 fully saturated rings. The Bertz CT molecular complexity index is 456. The number of nitrogens with zero attached hydrogens (tertiary/aromatic N) is 1. The van der Waals surface area contributed by atoms with Gasteiger partial charge in [-0.1, -0.05) is 25.3 Å². The molecule has 0 bridgehead atoms. The molecule has 4 nitrogen and oxygen atoms in total. The van der Waals surface area contributed by atoms with Gasteiger partial charge in [-0.25, -0.2) is 0 Å². The van der Waals surface area contributed by atoms with Crippen LogP contribution in [0.1, 0.15) is 44.6 Å². The molecule has 0 saturated heterocycles. The van der Waals surface area contributed by atoms with Crippen molar-refractivity contribution in [1.82, 2.24) is 4.90 Å². The lowest BCUT2D eigenvalue weighted by molar-refractivity contribution is 0.0768. The predicted molar refractivity (Wildman–Crippen MR) is 88.5 cm³/mol. The summed E-state index contributed by atoms with van der Waals surface area (Å²) < 4.78 is 10.7. The van der Waals surface area contributed by atoms with Gasteiger partial charge in [0, 0.05) is 19.1 Å². The van der Waals surface area contributed by atoms with Crippen LogP contribution in [0.25, 0.3) is 0 Å². The normalized spacial score (nSPS) is 17.5. The summed E-state index contributed by atoms with van der Waals surface area (Å²) in [5, 5.41) is 9.83. The minimum absolute atomic E-state index is 0.304. The zero-order valence-corrected chi connectivity index (χ0v) is 14.0. The van der Waals surface area contributed by atoms with Gasteiger partial charge in [-0.15, -0.1) is 0 Å². The van der Waals surface area contributed by atoms with Gasteiger partial charge in [0.1, 0.15) is 0 Å². The van der Waals surface area contributed by atoms with E-state index in [0.29, 0.717) is 6.04 Å². The predicted octanol–water partition coefficient (Wildman–Crippen LogP) is 3.22. The number of hydrogen-bond donors (Lipinski definition) is 1. The second-order valence-corrected chi connectivity index (χ2v) is 6.26. The fourth-order valence-corrected chi connectivity index (χ4v) is 3.34. The van der Waals surface area contributed by atoms with E-state index in [0.717, 1.165) is 24.6 Å². The number of aliphatic hydroxyl groups is 1. The standard InChI is InChI=1S/C18H29NO3/c1-14(20)12-19(16-7-5-4-6-8-16)13-15-9-10-17(21-2)18(11-15)22-3/h9-11,14,16,20H,4-8,12-13H2,1-3H3. The third-order valence-corrected chi connectivity index (χ3v) is 4.42. The summed E-state index contributed by atoms with van der Waals surface area (Å²) >= 11 is 0. The highest BCUT2D eigenvalue weighted by molar-refractivity contribution is 5.42. The van der Waals surface area contributed by atoms with Crippen LogP contribution in [-0.2, 0) is 6.54 Å². The third kappa shape index (κ3) is 4.62. The van der Waals surface area contributed by atoms with Crippen molar-refractivity contribution in [2.24, 2.45) is 0 Å². The molecule has 0 amide bonds. The van der Waals surface area contributed by atoms with Crippen LogP contribution in [0, 0.1) is 0 Å². The summed E-state index contributed by atoms with van der Waals surface area (Å²) in [5.41, 5.74) is 1.20. The SMILES string of the molecule is COc1ccc(CN(CC(C)O)C2CCCCC2)cc1OC. The molecule has 22 heavy (non-hydrogen) atoms. The molecule has 0 aliphatic heterocycles. The Labute approximate surface area is 134 Å². The fraction of sp³-hybridized carbons (Fsp3) is 0.667. The maximum absolute atomic E-state index is 9.83. The molecule has 0 heterocycles. The molecular weight excluding hydrogens is 278 g/mol. The van der Waals surface area contributed by atoms with Crippen LogP contribution in [0.4, 0.5) is 0 Å². The van der Waals surface area contributed by atoms with E-state index < -0.39 is 0 Å². The van der Waals surface area contributed by atoms with Crippen molar-refractivity contribution in [3.05, 3.63) is 23.8 Å². The largest absolute Gasteiger partial charge is 0.493 e. The van der Waals surface area contributed by atoms with E-state index in [1.54, 1.807) is 14.2 Å². The van der Waals surface area contributed by atoms with E-state index in [1.165, 1.54) is 37.7 Å². The number of methoxy groups -OCH3 is 2. The van der Waals surface area contributed by atoms with E-state index in [-0.39, 0.29) is 6.10 Å². The Hall–Kier alpha value is -1.26. The monoisotopic (exact) mass is 307 g/mol. The highest BCUT2D eigenvalue weighted by Gasteiger charge is 2.22. The van der Waals surface area contributed by atoms with E-state index in [2.05, 4.69) is 11.0 Å². The van der Waals surface area contributed by atoms with Gasteiger partial charge in [-0.05, 0) is 37.5 Å². The van der Waals surface area contributed by atoms with Crippen molar-refractivity contribution in [2.75, 3.05) is 20.8 Å². The first-order valence-electron chi connectivity index (χ1n) is 8.27. The van der Waals surface area contributed by atoms with Gasteiger partial charge in [0.15, 0.2) is 11.5 Å². The van der Waals surface area contributed by atoms with Crippen LogP contribution >= 0.6 is 0 Å². The molecule has 0 radical (unpaired) electrons. The Balaban J connectivity index is 2.11. The van der Waals surface area contributed by atoms with Crippen LogP contribution in [0.3, 0.4) is 0 Å². The van der Waals surface area contributed by atoms with Crippen molar-refractivity contribution >= 4 is 0 Å². The van der Waals surface area contributed by atoms with Crippen molar-refractivity contribution in [2.45, 2.75) is 57.7 Å². The van der Waals surface area contributed by atoms with Gasteiger partial charge in [0.25, 0.3) is 0 Å². The maximum Gasteiger partial charge on any atom is 0.161 e. The van der Waals surface area contributed by atoms with Crippen molar-refractivity contribution < 1.29 is 14.6 Å². The molecule has 0 spiro atoms. The van der Waals surface area contributed by atoms with Gasteiger partial charge in [0.2, 0.25) is 0 Å². The molecule has 1 saturated carbocycles. The first kappa shape index (κ1) is 17.1. The zero-order chi connectivity index (χ0) is 15.9. The second-order valence-electron chi connectivity index (χ2n) is 6.26. The van der Waals surface area contributed by atoms with Crippen LogP contribution in [0.2, 0.25) is 0 Å². The molecule has 1 atom stereocenters. The lowest BCUT2D eigenvalue weighted by Crippen LogP contribution is -2.40. The highest BCUT2D eigenvalue weighted by Crippen LogP contribution is 2.29. The van der Waals surface area contributed by atoms with Crippen molar-refractivity contribution in [3.63, 3.8) is 0 Å². The van der Waals surface area contributed by atoms with Crippen LogP contribution in [0.15, 0.2) is 18.2 Å². The summed E-state index contributed by atoms with van der Waals surface area (Å²) in [6, 6.07) is 6.65. The van der Waals surface area contributed by atoms with E-state index in [4.69, 9.17) is 9.47 Å². The molecule has 124 valence electrons. The molecule has 2 rings (SSSR count). The summed E-state index contributed by atoms with van der Waals surface area (Å²) in [5.74, 6) is 1.52. The van der Waals surface area contributed by atoms with E-state index >= 15 is 0 Å². The Kier molecular flexibility index (Phi) is 6.52. The Morgan fingerprint density at radius 2 is 1.82 bits per heavy atom. The number of hydrogen-bond acceptors (Lipinski definition) is 4. The van der Waals surface area contributed by atoms with Gasteiger partial charge >= 0.3 is 0 Å². The van der Waals surface area contributed by atoms with Gasteiger partial charge in [-0.3, -0.25) is 4.90 Å². The zero-order valence-electron chi connectivity index (χ0n) is 14.0. The number of benzene rings is 1. The fourth-order valence-electron chi connectivity index (χ4n) is 3.34. The van der Waals surface area contributed by atoms with Crippen LogP contribution < -0.4 is 9.47 Å². The summed E-state index contributed by atoms with van der Waals surface area (Å²) in [7, 11) is 3.32. The molecule has 1 unspecified atom stereocenters. The van der Waals surface area contributed by atoms with Gasteiger partial charge < -0.3 is 14.6 Å². The van der Waals surface area contributed by atoms with E-state index in [9.17, 15) is 5.11 Å². The average Bonchev–Trinajstić information content (AvgIpc) is 2.54. The molecule has 1 N–H and O–H groups in total. The summed E-state index contributed by atoms with van der Waals surface area (Å²) in [6.45, 7) is 3.43. The molecule has 1 aliphatic rings. The number of rotatable bonds is 7. The first-order chi connectivity index (χ1) is 10.6. The lowest BCUT2D eigenvalue weighted by atomic mass is 9.93. The smallest absolute Gasteiger partial charge is 0.161 e. The van der Waals surface area contributed by atoms with Crippen LogP contribution in [-0.4, -0.2) is 42.9 Å². The van der Waals surface area contributed by atoms with Crippen LogP contribution in [0.5, 0.6) is 11.5 Å². The maximum atomic E-state index is 9.83. The molecular formula is C18H29NO3. The quantitative estimate of drug-likeness (QED) is 0.840. The average molecular weight is 307 g/mol. The highest BCUT2D eigenvalue weighted by atomic mass is 16.5. The summed E-state index contributed by atoms with van der Waals surface area (Å²) in [6.07, 6.45) is 6.11. The topological polar surface area (TPSA) is 41.9 Å². The van der Waals surface area contributed by atoms with Gasteiger partial charge in [-0.2, -0.15) is 0 Å². The minimum Gasteiger partial charge on any atom is -0.493 e. The Morgan fingerprint density at radius 3 is 2.41 bits per heavy atom. The number of ether oxygens (including phenoxy) is 2. The summed E-state index contributed by atoms with van der Waals surface area (Å²) in [4.78, 5) is 2.42. The van der Waals surface area contributed by atoms with Crippen molar-refractivity contribution in [3.8, 4) is 11.5 Å². The second kappa shape index (κ2) is 8.39. The molecule has 4 heteroatoms. The Morgan fingerprint density at radius 1 is 1.14 bits per heavy atom. The third-order valence-electron chi connectivity index (χ3n) is 4.42. The molecule has 1 aromatic rings. The van der Waals surface area contributed by atoms with Crippen molar-refractivity contribution in [1.29, 1.82) is 0 Å². The molecule has 1 aromatic carbocycles. The molecule has 0 aromatic heterocycles. The number of aliphatic hydroxyl groups excluding tert-OH is 1. The minimum atomic E-state index is -0.304. The lowest BCUT2D eigenvalue weighted by Gasteiger charge is -2.35. The first-order valence-corrected chi connectivity index (χ1v) is 8.27. The molecule has 1 aliphatic carbocycles.